The lowest BCUT2D eigenvalue weighted by molar-refractivity contribution is -0.156. The standard InChI is InChI=1S/C42H72O5Si2/c1-17-45-38(44)41(10,11)37(43)25-20-29(2)34-23-24-35-31(19-18-26-42(34,35)12)21-22-32-27-33(46-48(13,14)39(4,5)6)28-36(30(32)3)47-49(15,16)40(7,8)9/h20-22,25,29,33-36H,3,17-19,23-24,26-28H2,1-2,4-16H3/t29-,33-,34-,35+,36+,42-/m1/s1. The van der Waals surface area contributed by atoms with Crippen molar-refractivity contribution in [1.29, 1.82) is 0 Å². The van der Waals surface area contributed by atoms with Crippen LogP contribution in [0.3, 0.4) is 0 Å². The highest BCUT2D eigenvalue weighted by atomic mass is 28.4. The van der Waals surface area contributed by atoms with Gasteiger partial charge in [-0.15, -0.1) is 0 Å². The molecule has 3 saturated carbocycles. The average Bonchev–Trinajstić information content (AvgIpc) is 3.32. The first-order valence-electron chi connectivity index (χ1n) is 19.1. The SMILES string of the molecule is C=C1C(=CC=C2CCC[C@]3(C)[C@@H]([C@H](C)C=CC(=O)C(C)(C)C(=O)OCC)CC[C@@H]23)C[C@@H](O[Si](C)(C)C(C)(C)C)C[C@@H]1O[Si](C)(C)C(C)(C)C. The number of ether oxygens (including phenoxy) is 1. The molecule has 0 saturated heterocycles. The van der Waals surface area contributed by atoms with Gasteiger partial charge >= 0.3 is 5.97 Å². The first kappa shape index (κ1) is 41.9. The molecule has 0 radical (unpaired) electrons. The molecule has 0 unspecified atom stereocenters. The van der Waals surface area contributed by atoms with Crippen LogP contribution in [-0.2, 0) is 23.2 Å². The summed E-state index contributed by atoms with van der Waals surface area (Å²) in [6.45, 7) is 38.0. The van der Waals surface area contributed by atoms with Crippen LogP contribution in [0.4, 0.5) is 0 Å². The number of carbonyl (C=O) groups excluding carboxylic acids is 2. The van der Waals surface area contributed by atoms with Crippen molar-refractivity contribution in [2.24, 2.45) is 28.6 Å². The molecule has 0 N–H and O–H groups in total. The van der Waals surface area contributed by atoms with Crippen LogP contribution in [0.5, 0.6) is 0 Å². The van der Waals surface area contributed by atoms with Crippen molar-refractivity contribution < 1.29 is 23.2 Å². The van der Waals surface area contributed by atoms with Crippen molar-refractivity contribution in [3.8, 4) is 0 Å². The lowest BCUT2D eigenvalue weighted by Gasteiger charge is -2.45. The fourth-order valence-corrected chi connectivity index (χ4v) is 10.6. The molecule has 3 fully saturated rings. The highest BCUT2D eigenvalue weighted by molar-refractivity contribution is 6.74. The van der Waals surface area contributed by atoms with Gasteiger partial charge in [-0.2, -0.15) is 0 Å². The summed E-state index contributed by atoms with van der Waals surface area (Å²) in [5, 5.41) is 0.264. The zero-order valence-corrected chi connectivity index (χ0v) is 36.1. The van der Waals surface area contributed by atoms with Crippen LogP contribution in [0.1, 0.15) is 121 Å². The predicted octanol–water partition coefficient (Wildman–Crippen LogP) is 11.5. The molecule has 0 aliphatic heterocycles. The van der Waals surface area contributed by atoms with Crippen molar-refractivity contribution in [3.05, 3.63) is 47.6 Å². The summed E-state index contributed by atoms with van der Waals surface area (Å²) >= 11 is 0. The molecule has 6 atom stereocenters. The largest absolute Gasteiger partial charge is 0.465 e. The van der Waals surface area contributed by atoms with Crippen molar-refractivity contribution in [3.63, 3.8) is 0 Å². The molecule has 3 rings (SSSR count). The van der Waals surface area contributed by atoms with E-state index in [4.69, 9.17) is 13.6 Å². The fraction of sp³-hybridized carbons (Fsp3) is 0.762. The second-order valence-corrected chi connectivity index (χ2v) is 28.8. The monoisotopic (exact) mass is 712 g/mol. The molecule has 0 aromatic rings. The fourth-order valence-electron chi connectivity index (χ4n) is 7.90. The first-order valence-corrected chi connectivity index (χ1v) is 24.9. The Morgan fingerprint density at radius 1 is 0.959 bits per heavy atom. The van der Waals surface area contributed by atoms with Crippen LogP contribution >= 0.6 is 0 Å². The molecule has 5 nitrogen and oxygen atoms in total. The minimum absolute atomic E-state index is 0.0225. The van der Waals surface area contributed by atoms with Crippen molar-refractivity contribution in [2.45, 2.75) is 170 Å². The predicted molar refractivity (Wildman–Crippen MR) is 211 cm³/mol. The average molecular weight is 713 g/mol. The molecular weight excluding hydrogens is 641 g/mol. The van der Waals surface area contributed by atoms with Gasteiger partial charge in [0.05, 0.1) is 18.8 Å². The third kappa shape index (κ3) is 9.28. The van der Waals surface area contributed by atoms with Gasteiger partial charge in [-0.1, -0.05) is 85.8 Å². The van der Waals surface area contributed by atoms with Crippen LogP contribution < -0.4 is 0 Å². The number of ketones is 1. The lowest BCUT2D eigenvalue weighted by Crippen LogP contribution is -2.49. The van der Waals surface area contributed by atoms with Gasteiger partial charge < -0.3 is 13.6 Å². The van der Waals surface area contributed by atoms with Gasteiger partial charge in [0.2, 0.25) is 0 Å². The number of esters is 1. The molecule has 0 amide bonds. The third-order valence-electron chi connectivity index (χ3n) is 13.4. The number of allylic oxidation sites excluding steroid dienone is 5. The summed E-state index contributed by atoms with van der Waals surface area (Å²) in [4.78, 5) is 25.5. The zero-order valence-electron chi connectivity index (χ0n) is 34.1. The summed E-state index contributed by atoms with van der Waals surface area (Å²) in [7, 11) is -3.99. The van der Waals surface area contributed by atoms with Crippen molar-refractivity contribution in [2.75, 3.05) is 6.61 Å². The minimum Gasteiger partial charge on any atom is -0.465 e. The van der Waals surface area contributed by atoms with E-state index in [9.17, 15) is 9.59 Å². The molecular formula is C42H72O5Si2. The second kappa shape index (κ2) is 15.2. The lowest BCUT2D eigenvalue weighted by atomic mass is 9.61. The van der Waals surface area contributed by atoms with E-state index in [0.29, 0.717) is 11.8 Å². The normalized spacial score (nSPS) is 29.8. The van der Waals surface area contributed by atoms with E-state index in [0.717, 1.165) is 31.3 Å². The van der Waals surface area contributed by atoms with Gasteiger partial charge in [0.1, 0.15) is 5.41 Å². The molecule has 0 heterocycles. The van der Waals surface area contributed by atoms with Gasteiger partial charge in [0, 0.05) is 6.42 Å². The van der Waals surface area contributed by atoms with E-state index in [-0.39, 0.29) is 46.0 Å². The van der Waals surface area contributed by atoms with E-state index < -0.39 is 28.0 Å². The Kier molecular flexibility index (Phi) is 13.0. The van der Waals surface area contributed by atoms with Gasteiger partial charge in [-0.3, -0.25) is 9.59 Å². The smallest absolute Gasteiger partial charge is 0.319 e. The number of carbonyl (C=O) groups is 2. The van der Waals surface area contributed by atoms with Crippen molar-refractivity contribution in [1.82, 2.24) is 0 Å². The van der Waals surface area contributed by atoms with E-state index >= 15 is 0 Å². The Labute approximate surface area is 303 Å². The van der Waals surface area contributed by atoms with Crippen LogP contribution in [0.2, 0.25) is 36.3 Å². The Morgan fingerprint density at radius 3 is 2.12 bits per heavy atom. The maximum atomic E-state index is 13.1. The van der Waals surface area contributed by atoms with Gasteiger partial charge in [-0.05, 0) is 136 Å². The molecule has 0 aromatic carbocycles. The molecule has 0 aromatic heterocycles. The maximum absolute atomic E-state index is 13.1. The maximum Gasteiger partial charge on any atom is 0.319 e. The number of rotatable bonds is 11. The molecule has 0 bridgehead atoms. The highest BCUT2D eigenvalue weighted by Gasteiger charge is 2.51. The Bertz CT molecular complexity index is 1320. The molecule has 7 heteroatoms. The molecule has 3 aliphatic rings. The summed E-state index contributed by atoms with van der Waals surface area (Å²) in [6, 6.07) is 0. The van der Waals surface area contributed by atoms with E-state index in [2.05, 4.69) is 106 Å². The Balaban J connectivity index is 1.88. The van der Waals surface area contributed by atoms with Gasteiger partial charge in [0.15, 0.2) is 22.4 Å². The number of hydrogen-bond acceptors (Lipinski definition) is 5. The van der Waals surface area contributed by atoms with Crippen LogP contribution in [0, 0.1) is 28.6 Å². The highest BCUT2D eigenvalue weighted by Crippen LogP contribution is 2.59. The molecule has 278 valence electrons. The van der Waals surface area contributed by atoms with Gasteiger partial charge in [0.25, 0.3) is 0 Å². The van der Waals surface area contributed by atoms with Crippen LogP contribution in [-0.4, -0.2) is 47.2 Å². The Morgan fingerprint density at radius 2 is 1.55 bits per heavy atom. The van der Waals surface area contributed by atoms with Gasteiger partial charge in [-0.25, -0.2) is 0 Å². The zero-order chi connectivity index (χ0) is 37.4. The van der Waals surface area contributed by atoms with E-state index in [1.165, 1.54) is 24.8 Å². The molecule has 49 heavy (non-hydrogen) atoms. The van der Waals surface area contributed by atoms with Crippen LogP contribution in [0.25, 0.3) is 0 Å². The Hall–Kier alpha value is -1.55. The molecule has 3 aliphatic carbocycles. The quantitative estimate of drug-likeness (QED) is 0.0923. The summed E-state index contributed by atoms with van der Waals surface area (Å²) < 4.78 is 19.3. The summed E-state index contributed by atoms with van der Waals surface area (Å²) in [6.07, 6.45) is 16.2. The number of fused-ring (bicyclic) bond motifs is 1. The third-order valence-corrected chi connectivity index (χ3v) is 22.4. The second-order valence-electron chi connectivity index (χ2n) is 19.3. The first-order chi connectivity index (χ1) is 22.3. The number of hydrogen-bond donors (Lipinski definition) is 0. The van der Waals surface area contributed by atoms with Crippen molar-refractivity contribution >= 4 is 28.4 Å². The summed E-state index contributed by atoms with van der Waals surface area (Å²) in [5.74, 6) is 0.610. The summed E-state index contributed by atoms with van der Waals surface area (Å²) in [5.41, 5.74) is 2.98. The van der Waals surface area contributed by atoms with E-state index in [1.54, 1.807) is 32.4 Å². The van der Waals surface area contributed by atoms with E-state index in [1.807, 2.05) is 0 Å². The topological polar surface area (TPSA) is 61.8 Å². The van der Waals surface area contributed by atoms with Crippen LogP contribution in [0.15, 0.2) is 47.6 Å². The minimum atomic E-state index is -2.02. The molecule has 0 spiro atoms.